The minimum Gasteiger partial charge on any atom is -0.493 e. The van der Waals surface area contributed by atoms with Crippen LogP contribution < -0.4 is 9.47 Å². The highest BCUT2D eigenvalue weighted by Gasteiger charge is 2.21. The Morgan fingerprint density at radius 1 is 0.968 bits per heavy atom. The molecule has 0 heterocycles. The normalized spacial score (nSPS) is 11.7. The Bertz CT molecular complexity index is 1010. The zero-order chi connectivity index (χ0) is 23.0. The Labute approximate surface area is 184 Å². The fraction of sp³-hybridized carbons (Fsp3) is 0.348. The first-order valence-electron chi connectivity index (χ1n) is 10.0. The number of likely N-dealkylation sites (N-methyl/N-ethyl adjacent to an activating group) is 1. The Balaban J connectivity index is 2.06. The SMILES string of the molecule is CCN(CC)S(=O)(=O)c1ccc(/C=C/C(=O)N(C)Cc2ccc(OC)c(OC)c2)cc1. The summed E-state index contributed by atoms with van der Waals surface area (Å²) in [6, 6.07) is 12.0. The molecule has 2 rings (SSSR count). The topological polar surface area (TPSA) is 76.2 Å². The summed E-state index contributed by atoms with van der Waals surface area (Å²) in [6.07, 6.45) is 3.13. The van der Waals surface area contributed by atoms with Gasteiger partial charge < -0.3 is 14.4 Å². The van der Waals surface area contributed by atoms with E-state index in [2.05, 4.69) is 0 Å². The summed E-state index contributed by atoms with van der Waals surface area (Å²) in [6.45, 7) is 4.86. The summed E-state index contributed by atoms with van der Waals surface area (Å²) >= 11 is 0. The highest BCUT2D eigenvalue weighted by Crippen LogP contribution is 2.28. The molecule has 0 saturated heterocycles. The average molecular weight is 447 g/mol. The van der Waals surface area contributed by atoms with Crippen molar-refractivity contribution in [3.63, 3.8) is 0 Å². The Morgan fingerprint density at radius 2 is 1.58 bits per heavy atom. The number of sulfonamides is 1. The van der Waals surface area contributed by atoms with Gasteiger partial charge in [-0.3, -0.25) is 4.79 Å². The first kappa shape index (κ1) is 24.4. The van der Waals surface area contributed by atoms with Crippen molar-refractivity contribution in [2.75, 3.05) is 34.4 Å². The summed E-state index contributed by atoms with van der Waals surface area (Å²) in [7, 11) is 1.36. The summed E-state index contributed by atoms with van der Waals surface area (Å²) in [4.78, 5) is 14.3. The number of nitrogens with zero attached hydrogens (tertiary/aromatic N) is 2. The van der Waals surface area contributed by atoms with Crippen molar-refractivity contribution < 1.29 is 22.7 Å². The molecule has 0 aliphatic heterocycles. The molecule has 0 spiro atoms. The molecule has 0 saturated carbocycles. The van der Waals surface area contributed by atoms with Gasteiger partial charge >= 0.3 is 0 Å². The number of methoxy groups -OCH3 is 2. The van der Waals surface area contributed by atoms with Crippen molar-refractivity contribution >= 4 is 22.0 Å². The lowest BCUT2D eigenvalue weighted by Crippen LogP contribution is -2.30. The molecular formula is C23H30N2O5S. The molecule has 0 N–H and O–H groups in total. The van der Waals surface area contributed by atoms with Crippen LogP contribution in [0.25, 0.3) is 6.08 Å². The van der Waals surface area contributed by atoms with Crippen LogP contribution in [0.5, 0.6) is 11.5 Å². The Hall–Kier alpha value is -2.84. The summed E-state index contributed by atoms with van der Waals surface area (Å²) in [5.74, 6) is 1.07. The highest BCUT2D eigenvalue weighted by atomic mass is 32.2. The number of hydrogen-bond acceptors (Lipinski definition) is 5. The molecule has 0 bridgehead atoms. The number of amides is 1. The van der Waals surface area contributed by atoms with Crippen LogP contribution in [0.4, 0.5) is 0 Å². The standard InChI is InChI=1S/C23H30N2O5S/c1-6-25(7-2)31(27,28)20-12-8-18(9-13-20)11-15-23(26)24(3)17-19-10-14-21(29-4)22(16-19)30-5/h8-16H,6-7,17H2,1-5H3/b15-11+. The van der Waals surface area contributed by atoms with E-state index in [4.69, 9.17) is 9.47 Å². The first-order valence-corrected chi connectivity index (χ1v) is 11.4. The molecule has 2 aromatic carbocycles. The average Bonchev–Trinajstić information content (AvgIpc) is 2.78. The van der Waals surface area contributed by atoms with Crippen molar-refractivity contribution in [1.29, 1.82) is 0 Å². The predicted molar refractivity (Wildman–Crippen MR) is 122 cm³/mol. The molecule has 0 aliphatic carbocycles. The molecule has 1 amide bonds. The predicted octanol–water partition coefficient (Wildman–Crippen LogP) is 3.41. The highest BCUT2D eigenvalue weighted by molar-refractivity contribution is 7.89. The van der Waals surface area contributed by atoms with E-state index in [1.807, 2.05) is 26.0 Å². The van der Waals surface area contributed by atoms with Crippen molar-refractivity contribution in [1.82, 2.24) is 9.21 Å². The van der Waals surface area contributed by atoms with Crippen LogP contribution in [0.15, 0.2) is 53.4 Å². The van der Waals surface area contributed by atoms with Crippen LogP contribution in [-0.2, 0) is 21.4 Å². The number of hydrogen-bond donors (Lipinski definition) is 0. The van der Waals surface area contributed by atoms with E-state index in [1.54, 1.807) is 62.6 Å². The molecule has 168 valence electrons. The van der Waals surface area contributed by atoms with Crippen LogP contribution in [0.1, 0.15) is 25.0 Å². The molecule has 8 heteroatoms. The van der Waals surface area contributed by atoms with Gasteiger partial charge in [0.2, 0.25) is 15.9 Å². The van der Waals surface area contributed by atoms with Crippen LogP contribution in [0, 0.1) is 0 Å². The number of carbonyl (C=O) groups excluding carboxylic acids is 1. The van der Waals surface area contributed by atoms with Crippen LogP contribution >= 0.6 is 0 Å². The second-order valence-corrected chi connectivity index (χ2v) is 8.81. The number of benzene rings is 2. The molecule has 0 aliphatic rings. The van der Waals surface area contributed by atoms with Crippen molar-refractivity contribution in [3.8, 4) is 11.5 Å². The van der Waals surface area contributed by atoms with E-state index in [-0.39, 0.29) is 10.8 Å². The lowest BCUT2D eigenvalue weighted by atomic mass is 10.2. The van der Waals surface area contributed by atoms with Gasteiger partial charge in [0.15, 0.2) is 11.5 Å². The van der Waals surface area contributed by atoms with Gasteiger partial charge in [0.25, 0.3) is 0 Å². The Morgan fingerprint density at radius 3 is 2.13 bits per heavy atom. The fourth-order valence-electron chi connectivity index (χ4n) is 3.09. The van der Waals surface area contributed by atoms with Crippen molar-refractivity contribution in [3.05, 3.63) is 59.7 Å². The Kier molecular flexibility index (Phi) is 8.65. The summed E-state index contributed by atoms with van der Waals surface area (Å²) < 4.78 is 37.0. The third-order valence-electron chi connectivity index (χ3n) is 4.89. The molecule has 31 heavy (non-hydrogen) atoms. The zero-order valence-corrected chi connectivity index (χ0v) is 19.5. The quantitative estimate of drug-likeness (QED) is 0.523. The van der Waals surface area contributed by atoms with E-state index in [1.165, 1.54) is 10.4 Å². The first-order chi connectivity index (χ1) is 14.8. The van der Waals surface area contributed by atoms with E-state index in [0.29, 0.717) is 31.1 Å². The molecule has 0 radical (unpaired) electrons. The van der Waals surface area contributed by atoms with Gasteiger partial charge in [-0.05, 0) is 41.5 Å². The monoisotopic (exact) mass is 446 g/mol. The second kappa shape index (κ2) is 11.0. The molecule has 7 nitrogen and oxygen atoms in total. The van der Waals surface area contributed by atoms with E-state index < -0.39 is 10.0 Å². The van der Waals surface area contributed by atoms with Gasteiger partial charge in [-0.2, -0.15) is 4.31 Å². The van der Waals surface area contributed by atoms with Crippen molar-refractivity contribution in [2.24, 2.45) is 0 Å². The summed E-state index contributed by atoms with van der Waals surface area (Å²) in [5.41, 5.74) is 1.65. The molecule has 0 aromatic heterocycles. The fourth-order valence-corrected chi connectivity index (χ4v) is 4.55. The van der Waals surface area contributed by atoms with Crippen LogP contribution in [0.2, 0.25) is 0 Å². The molecule has 0 unspecified atom stereocenters. The lowest BCUT2D eigenvalue weighted by Gasteiger charge is -2.18. The van der Waals surface area contributed by atoms with E-state index in [9.17, 15) is 13.2 Å². The largest absolute Gasteiger partial charge is 0.493 e. The van der Waals surface area contributed by atoms with E-state index >= 15 is 0 Å². The number of ether oxygens (including phenoxy) is 2. The molecule has 0 fully saturated rings. The molecule has 0 atom stereocenters. The van der Waals surface area contributed by atoms with Gasteiger partial charge in [0.05, 0.1) is 19.1 Å². The number of carbonyl (C=O) groups is 1. The van der Waals surface area contributed by atoms with Crippen LogP contribution in [0.3, 0.4) is 0 Å². The zero-order valence-electron chi connectivity index (χ0n) is 18.7. The minimum absolute atomic E-state index is 0.172. The number of rotatable bonds is 10. The van der Waals surface area contributed by atoms with Crippen LogP contribution in [-0.4, -0.2) is 57.9 Å². The third-order valence-corrected chi connectivity index (χ3v) is 6.95. The van der Waals surface area contributed by atoms with Gasteiger partial charge in [-0.1, -0.05) is 32.0 Å². The van der Waals surface area contributed by atoms with E-state index in [0.717, 1.165) is 11.1 Å². The maximum Gasteiger partial charge on any atom is 0.246 e. The third kappa shape index (κ3) is 6.08. The smallest absolute Gasteiger partial charge is 0.246 e. The minimum atomic E-state index is -3.49. The summed E-state index contributed by atoms with van der Waals surface area (Å²) in [5, 5.41) is 0. The van der Waals surface area contributed by atoms with Crippen molar-refractivity contribution in [2.45, 2.75) is 25.3 Å². The van der Waals surface area contributed by atoms with Gasteiger partial charge in [0, 0.05) is 32.8 Å². The molecular weight excluding hydrogens is 416 g/mol. The lowest BCUT2D eigenvalue weighted by molar-refractivity contribution is -0.125. The maximum absolute atomic E-state index is 12.6. The second-order valence-electron chi connectivity index (χ2n) is 6.88. The van der Waals surface area contributed by atoms with Gasteiger partial charge in [-0.15, -0.1) is 0 Å². The van der Waals surface area contributed by atoms with Gasteiger partial charge in [0.1, 0.15) is 0 Å². The maximum atomic E-state index is 12.6. The van der Waals surface area contributed by atoms with Gasteiger partial charge in [-0.25, -0.2) is 8.42 Å². The molecule has 2 aromatic rings.